The van der Waals surface area contributed by atoms with Gasteiger partial charge in [0.05, 0.1) is 18.2 Å². The summed E-state index contributed by atoms with van der Waals surface area (Å²) in [5.74, 6) is 0.900. The van der Waals surface area contributed by atoms with Crippen LogP contribution in [-0.4, -0.2) is 35.8 Å². The van der Waals surface area contributed by atoms with Crippen LogP contribution in [0, 0.1) is 6.92 Å². The highest BCUT2D eigenvalue weighted by Crippen LogP contribution is 2.31. The molecule has 2 heterocycles. The molecular weight excluding hydrogens is 390 g/mol. The maximum atomic E-state index is 13.1. The molecule has 1 atom stereocenters. The molecule has 0 amide bonds. The fourth-order valence-corrected chi connectivity index (χ4v) is 3.86. The van der Waals surface area contributed by atoms with E-state index in [2.05, 4.69) is 25.5 Å². The number of aromatic nitrogens is 3. The fourth-order valence-electron chi connectivity index (χ4n) is 3.86. The first-order valence-corrected chi connectivity index (χ1v) is 10.9. The van der Waals surface area contributed by atoms with E-state index in [0.717, 1.165) is 37.1 Å². The highest BCUT2D eigenvalue weighted by atomic mass is 16.5. The quantitative estimate of drug-likeness (QED) is 0.602. The molecule has 3 rings (SSSR count). The number of unbranched alkanes of at least 4 members (excludes halogenated alkanes) is 1. The Labute approximate surface area is 183 Å². The SMILES string of the molecule is C=c1[nH]n2c(=O)c(C)c(C(CC)CCCC)nc2c1=Nc1ccc(N(C)C)cc1OC. The van der Waals surface area contributed by atoms with Crippen LogP contribution in [0.2, 0.25) is 0 Å². The summed E-state index contributed by atoms with van der Waals surface area (Å²) < 4.78 is 7.01. The lowest BCUT2D eigenvalue weighted by molar-refractivity contribution is 0.416. The summed E-state index contributed by atoms with van der Waals surface area (Å²) in [5.41, 5.74) is 3.63. The van der Waals surface area contributed by atoms with Gasteiger partial charge in [0.2, 0.25) is 0 Å². The Balaban J connectivity index is 2.26. The number of fused-ring (bicyclic) bond motifs is 1. The molecular formula is C24H33N5O2. The predicted octanol–water partition coefficient (Wildman–Crippen LogP) is 3.45. The summed E-state index contributed by atoms with van der Waals surface area (Å²) in [7, 11) is 5.57. The smallest absolute Gasteiger partial charge is 0.275 e. The number of hydrogen-bond donors (Lipinski definition) is 1. The second-order valence-electron chi connectivity index (χ2n) is 8.13. The number of H-pyrrole nitrogens is 1. The molecule has 7 nitrogen and oxygen atoms in total. The first kappa shape index (κ1) is 22.6. The summed E-state index contributed by atoms with van der Waals surface area (Å²) in [6.07, 6.45) is 4.19. The number of nitrogens with one attached hydrogen (secondary N) is 1. The number of methoxy groups -OCH3 is 1. The number of ether oxygens (including phenoxy) is 1. The van der Waals surface area contributed by atoms with E-state index in [1.54, 1.807) is 7.11 Å². The molecule has 1 aromatic carbocycles. The second-order valence-corrected chi connectivity index (χ2v) is 8.13. The lowest BCUT2D eigenvalue weighted by Gasteiger charge is -2.16. The first-order valence-electron chi connectivity index (χ1n) is 10.9. The van der Waals surface area contributed by atoms with Gasteiger partial charge >= 0.3 is 0 Å². The van der Waals surface area contributed by atoms with E-state index < -0.39 is 0 Å². The average Bonchev–Trinajstić information content (AvgIpc) is 3.07. The van der Waals surface area contributed by atoms with Gasteiger partial charge in [0.25, 0.3) is 5.56 Å². The monoisotopic (exact) mass is 423 g/mol. The molecule has 1 unspecified atom stereocenters. The molecule has 0 aliphatic rings. The van der Waals surface area contributed by atoms with Gasteiger partial charge in [0.1, 0.15) is 16.8 Å². The predicted molar refractivity (Wildman–Crippen MR) is 126 cm³/mol. The van der Waals surface area contributed by atoms with Crippen LogP contribution in [-0.2, 0) is 0 Å². The topological polar surface area (TPSA) is 75.0 Å². The van der Waals surface area contributed by atoms with E-state index in [1.165, 1.54) is 4.52 Å². The van der Waals surface area contributed by atoms with Gasteiger partial charge in [0.15, 0.2) is 5.65 Å². The lowest BCUT2D eigenvalue weighted by atomic mass is 9.93. The zero-order valence-corrected chi connectivity index (χ0v) is 19.5. The summed E-state index contributed by atoms with van der Waals surface area (Å²) in [4.78, 5) is 24.8. The molecule has 3 aromatic rings. The molecule has 0 saturated carbocycles. The zero-order chi connectivity index (χ0) is 22.7. The third-order valence-electron chi connectivity index (χ3n) is 5.79. The fraction of sp³-hybridized carbons (Fsp3) is 0.458. The van der Waals surface area contributed by atoms with Crippen molar-refractivity contribution in [3.05, 3.63) is 50.5 Å². The van der Waals surface area contributed by atoms with Crippen molar-refractivity contribution in [2.24, 2.45) is 4.99 Å². The average molecular weight is 424 g/mol. The van der Waals surface area contributed by atoms with Gasteiger partial charge in [-0.1, -0.05) is 33.3 Å². The Bertz CT molecular complexity index is 1240. The van der Waals surface area contributed by atoms with Crippen molar-refractivity contribution in [2.45, 2.75) is 52.4 Å². The summed E-state index contributed by atoms with van der Waals surface area (Å²) in [6, 6.07) is 5.82. The van der Waals surface area contributed by atoms with E-state index in [1.807, 2.05) is 44.1 Å². The van der Waals surface area contributed by atoms with Crippen LogP contribution in [0.25, 0.3) is 12.2 Å². The van der Waals surface area contributed by atoms with Crippen molar-refractivity contribution >= 4 is 23.6 Å². The number of hydrogen-bond acceptors (Lipinski definition) is 5. The van der Waals surface area contributed by atoms with Crippen molar-refractivity contribution in [1.29, 1.82) is 0 Å². The maximum Gasteiger partial charge on any atom is 0.275 e. The molecule has 0 aliphatic heterocycles. The van der Waals surface area contributed by atoms with Crippen LogP contribution in [0.3, 0.4) is 0 Å². The van der Waals surface area contributed by atoms with Crippen LogP contribution in [0.5, 0.6) is 5.75 Å². The molecule has 0 saturated heterocycles. The third kappa shape index (κ3) is 4.36. The van der Waals surface area contributed by atoms with E-state index >= 15 is 0 Å². The number of aromatic amines is 1. The first-order chi connectivity index (χ1) is 14.8. The van der Waals surface area contributed by atoms with Crippen LogP contribution >= 0.6 is 0 Å². The molecule has 1 N–H and O–H groups in total. The molecule has 7 heteroatoms. The minimum Gasteiger partial charge on any atom is -0.494 e. The molecule has 0 bridgehead atoms. The van der Waals surface area contributed by atoms with Crippen LogP contribution in [0.15, 0.2) is 28.0 Å². The Morgan fingerprint density at radius 1 is 1.32 bits per heavy atom. The maximum absolute atomic E-state index is 13.1. The van der Waals surface area contributed by atoms with Crippen LogP contribution in [0.4, 0.5) is 11.4 Å². The van der Waals surface area contributed by atoms with E-state index in [9.17, 15) is 4.79 Å². The second kappa shape index (κ2) is 9.37. The molecule has 31 heavy (non-hydrogen) atoms. The number of anilines is 1. The highest BCUT2D eigenvalue weighted by molar-refractivity contribution is 5.62. The molecule has 0 radical (unpaired) electrons. The number of benzene rings is 1. The largest absolute Gasteiger partial charge is 0.494 e. The van der Waals surface area contributed by atoms with Crippen molar-refractivity contribution in [2.75, 3.05) is 26.1 Å². The van der Waals surface area contributed by atoms with Gasteiger partial charge in [0, 0.05) is 37.3 Å². The van der Waals surface area contributed by atoms with Gasteiger partial charge in [-0.25, -0.2) is 9.98 Å². The Hall–Kier alpha value is -3.09. The standard InChI is InChI=1S/C24H33N5O2/c1-8-10-11-17(9-2)21-15(3)24(30)29-23(26-21)22(16(4)27-29)25-19-13-12-18(28(5)6)14-20(19)31-7/h12-14,17,27H,4,8-11H2,1-3,5-7H3. The lowest BCUT2D eigenvalue weighted by Crippen LogP contribution is -2.23. The molecule has 166 valence electrons. The zero-order valence-electron chi connectivity index (χ0n) is 19.5. The summed E-state index contributed by atoms with van der Waals surface area (Å²) in [6.45, 7) is 10.3. The van der Waals surface area contributed by atoms with Crippen LogP contribution in [0.1, 0.15) is 56.7 Å². The molecule has 0 spiro atoms. The van der Waals surface area contributed by atoms with E-state index in [-0.39, 0.29) is 11.5 Å². The van der Waals surface area contributed by atoms with Gasteiger partial charge in [-0.05, 0) is 31.9 Å². The van der Waals surface area contributed by atoms with Gasteiger partial charge in [-0.2, -0.15) is 4.52 Å². The molecule has 2 aromatic heterocycles. The molecule has 0 fully saturated rings. The summed E-state index contributed by atoms with van der Waals surface area (Å²) in [5, 5.41) is 4.14. The minimum absolute atomic E-state index is 0.101. The van der Waals surface area contributed by atoms with Gasteiger partial charge < -0.3 is 9.64 Å². The Morgan fingerprint density at radius 2 is 2.06 bits per heavy atom. The summed E-state index contributed by atoms with van der Waals surface area (Å²) >= 11 is 0. The van der Waals surface area contributed by atoms with Crippen molar-refractivity contribution in [3.8, 4) is 5.75 Å². The number of nitrogens with zero attached hydrogens (tertiary/aromatic N) is 4. The van der Waals surface area contributed by atoms with E-state index in [4.69, 9.17) is 14.7 Å². The van der Waals surface area contributed by atoms with Crippen molar-refractivity contribution < 1.29 is 4.74 Å². The normalized spacial score (nSPS) is 13.0. The Morgan fingerprint density at radius 3 is 2.68 bits per heavy atom. The number of rotatable bonds is 8. The minimum atomic E-state index is -0.101. The van der Waals surface area contributed by atoms with Crippen molar-refractivity contribution in [1.82, 2.24) is 14.6 Å². The van der Waals surface area contributed by atoms with Crippen LogP contribution < -0.4 is 25.9 Å². The molecule has 0 aliphatic carbocycles. The van der Waals surface area contributed by atoms with E-state index in [0.29, 0.717) is 33.4 Å². The third-order valence-corrected chi connectivity index (χ3v) is 5.79. The van der Waals surface area contributed by atoms with Gasteiger partial charge in [-0.3, -0.25) is 9.89 Å². The Kier molecular flexibility index (Phi) is 6.83. The van der Waals surface area contributed by atoms with Gasteiger partial charge in [-0.15, -0.1) is 0 Å². The van der Waals surface area contributed by atoms with Crippen molar-refractivity contribution in [3.63, 3.8) is 0 Å². The highest BCUT2D eigenvalue weighted by Gasteiger charge is 2.19.